The number of carbonyl (C=O) groups excluding carboxylic acids is 1. The molecular weight excluding hydrogens is 265 g/mol. The molecule has 1 saturated heterocycles. The number of piperidine rings is 1. The molecule has 1 aliphatic heterocycles. The average Bonchev–Trinajstić information content (AvgIpc) is 2.39. The number of pyridine rings is 1. The predicted molar refractivity (Wildman–Crippen MR) is 74.2 cm³/mol. The van der Waals surface area contributed by atoms with Crippen molar-refractivity contribution in [1.29, 1.82) is 0 Å². The number of aromatic nitrogens is 1. The third kappa shape index (κ3) is 2.89. The first-order valence-corrected chi connectivity index (χ1v) is 6.54. The van der Waals surface area contributed by atoms with E-state index in [1.165, 1.54) is 12.1 Å². The van der Waals surface area contributed by atoms with Gasteiger partial charge >= 0.3 is 0 Å². The lowest BCUT2D eigenvalue weighted by molar-refractivity contribution is 0.0664. The van der Waals surface area contributed by atoms with Crippen molar-refractivity contribution in [2.45, 2.75) is 19.8 Å². The molecule has 0 aliphatic carbocycles. The van der Waals surface area contributed by atoms with E-state index in [9.17, 15) is 9.18 Å². The van der Waals surface area contributed by atoms with Crippen LogP contribution in [0.2, 0.25) is 0 Å². The summed E-state index contributed by atoms with van der Waals surface area (Å²) in [4.78, 5) is 18.2. The predicted octanol–water partition coefficient (Wildman–Crippen LogP) is 1.75. The molecule has 1 fully saturated rings. The maximum absolute atomic E-state index is 12.8. The van der Waals surface area contributed by atoms with Gasteiger partial charge in [0.2, 0.25) is 0 Å². The van der Waals surface area contributed by atoms with Crippen LogP contribution in [0, 0.1) is 11.2 Å². The molecule has 0 atom stereocenters. The lowest BCUT2D eigenvalue weighted by Crippen LogP contribution is -2.46. The standard InChI is InChI=1S/C13H16FN3OS/c1-13(12(15)19)4-6-17(7-5-13)11(18)10-3-2-9(14)8-16-10/h2-3,8H,4-7H2,1H3,(H2,15,19). The number of carbonyl (C=O) groups is 1. The largest absolute Gasteiger partial charge is 0.393 e. The number of thiocarbonyl (C=S) groups is 1. The SMILES string of the molecule is CC1(C(N)=S)CCN(C(=O)c2ccc(F)cn2)CC1. The Kier molecular flexibility index (Phi) is 3.80. The average molecular weight is 281 g/mol. The van der Waals surface area contributed by atoms with Crippen LogP contribution < -0.4 is 5.73 Å². The topological polar surface area (TPSA) is 59.2 Å². The van der Waals surface area contributed by atoms with E-state index in [0.29, 0.717) is 18.1 Å². The summed E-state index contributed by atoms with van der Waals surface area (Å²) >= 11 is 5.06. The van der Waals surface area contributed by atoms with Crippen molar-refractivity contribution < 1.29 is 9.18 Å². The van der Waals surface area contributed by atoms with E-state index in [-0.39, 0.29) is 17.0 Å². The highest BCUT2D eigenvalue weighted by Gasteiger charge is 2.34. The van der Waals surface area contributed by atoms with Gasteiger partial charge in [0, 0.05) is 18.5 Å². The lowest BCUT2D eigenvalue weighted by atomic mass is 9.80. The molecule has 4 nitrogen and oxygen atoms in total. The Morgan fingerprint density at radius 2 is 2.11 bits per heavy atom. The van der Waals surface area contributed by atoms with Gasteiger partial charge in [0.15, 0.2) is 0 Å². The van der Waals surface area contributed by atoms with Crippen LogP contribution in [0.25, 0.3) is 0 Å². The van der Waals surface area contributed by atoms with Crippen molar-refractivity contribution in [2.24, 2.45) is 11.1 Å². The zero-order valence-electron chi connectivity index (χ0n) is 10.7. The molecule has 0 spiro atoms. The maximum Gasteiger partial charge on any atom is 0.272 e. The van der Waals surface area contributed by atoms with Gasteiger partial charge in [-0.1, -0.05) is 19.1 Å². The molecule has 2 N–H and O–H groups in total. The number of nitrogens with two attached hydrogens (primary N) is 1. The van der Waals surface area contributed by atoms with E-state index in [4.69, 9.17) is 18.0 Å². The molecule has 2 rings (SSSR count). The molecule has 0 unspecified atom stereocenters. The van der Waals surface area contributed by atoms with Crippen molar-refractivity contribution in [3.63, 3.8) is 0 Å². The minimum absolute atomic E-state index is 0.176. The number of amides is 1. The number of rotatable bonds is 2. The van der Waals surface area contributed by atoms with E-state index in [1.807, 2.05) is 6.92 Å². The number of likely N-dealkylation sites (tertiary alicyclic amines) is 1. The smallest absolute Gasteiger partial charge is 0.272 e. The quantitative estimate of drug-likeness (QED) is 0.839. The van der Waals surface area contributed by atoms with Gasteiger partial charge in [0.25, 0.3) is 5.91 Å². The number of nitrogens with zero attached hydrogens (tertiary/aromatic N) is 2. The minimum atomic E-state index is -0.448. The molecular formula is C13H16FN3OS. The fourth-order valence-electron chi connectivity index (χ4n) is 2.11. The van der Waals surface area contributed by atoms with Crippen molar-refractivity contribution in [3.8, 4) is 0 Å². The van der Waals surface area contributed by atoms with Gasteiger partial charge in [-0.15, -0.1) is 0 Å². The minimum Gasteiger partial charge on any atom is -0.393 e. The molecule has 19 heavy (non-hydrogen) atoms. The summed E-state index contributed by atoms with van der Waals surface area (Å²) in [5, 5.41) is 0. The van der Waals surface area contributed by atoms with Crippen LogP contribution in [-0.4, -0.2) is 33.9 Å². The Bertz CT molecular complexity index is 495. The van der Waals surface area contributed by atoms with Gasteiger partial charge in [-0.05, 0) is 25.0 Å². The normalized spacial score (nSPS) is 18.1. The first-order valence-electron chi connectivity index (χ1n) is 6.13. The fraction of sp³-hybridized carbons (Fsp3) is 0.462. The van der Waals surface area contributed by atoms with Crippen molar-refractivity contribution in [2.75, 3.05) is 13.1 Å². The summed E-state index contributed by atoms with van der Waals surface area (Å²) in [6.07, 6.45) is 2.54. The molecule has 0 bridgehead atoms. The number of halogens is 1. The monoisotopic (exact) mass is 281 g/mol. The molecule has 1 aromatic heterocycles. The first kappa shape index (κ1) is 13.9. The van der Waals surface area contributed by atoms with Gasteiger partial charge in [0.1, 0.15) is 11.5 Å². The molecule has 0 aromatic carbocycles. The summed E-state index contributed by atoms with van der Waals surface area (Å²) in [5.41, 5.74) is 5.81. The second-order valence-corrected chi connectivity index (χ2v) is 5.52. The molecule has 1 aliphatic rings. The van der Waals surface area contributed by atoms with Gasteiger partial charge in [-0.2, -0.15) is 0 Å². The zero-order chi connectivity index (χ0) is 14.0. The molecule has 2 heterocycles. The van der Waals surface area contributed by atoms with Gasteiger partial charge in [-0.25, -0.2) is 9.37 Å². The van der Waals surface area contributed by atoms with Crippen LogP contribution in [0.1, 0.15) is 30.3 Å². The lowest BCUT2D eigenvalue weighted by Gasteiger charge is -2.38. The summed E-state index contributed by atoms with van der Waals surface area (Å²) < 4.78 is 12.8. The Hall–Kier alpha value is -1.56. The molecule has 6 heteroatoms. The maximum atomic E-state index is 12.8. The van der Waals surface area contributed by atoms with Crippen molar-refractivity contribution >= 4 is 23.1 Å². The van der Waals surface area contributed by atoms with E-state index in [0.717, 1.165) is 19.0 Å². The Morgan fingerprint density at radius 1 is 1.47 bits per heavy atom. The van der Waals surface area contributed by atoms with Crippen LogP contribution in [0.5, 0.6) is 0 Å². The second kappa shape index (κ2) is 5.21. The fourth-order valence-corrected chi connectivity index (χ4v) is 2.32. The highest BCUT2D eigenvalue weighted by atomic mass is 32.1. The first-order chi connectivity index (χ1) is 8.92. The summed E-state index contributed by atoms with van der Waals surface area (Å²) in [5.74, 6) is -0.624. The number of hydrogen-bond donors (Lipinski definition) is 1. The summed E-state index contributed by atoms with van der Waals surface area (Å²) in [6.45, 7) is 3.20. The molecule has 0 radical (unpaired) electrons. The van der Waals surface area contributed by atoms with Gasteiger partial charge < -0.3 is 10.6 Å². The van der Waals surface area contributed by atoms with Crippen LogP contribution in [-0.2, 0) is 0 Å². The van der Waals surface area contributed by atoms with Crippen molar-refractivity contribution in [1.82, 2.24) is 9.88 Å². The third-order valence-electron chi connectivity index (χ3n) is 3.70. The van der Waals surface area contributed by atoms with E-state index in [1.54, 1.807) is 4.90 Å². The van der Waals surface area contributed by atoms with Crippen LogP contribution in [0.15, 0.2) is 18.3 Å². The second-order valence-electron chi connectivity index (χ2n) is 5.08. The summed E-state index contributed by atoms with van der Waals surface area (Å²) in [7, 11) is 0. The van der Waals surface area contributed by atoms with Crippen molar-refractivity contribution in [3.05, 3.63) is 29.8 Å². The highest BCUT2D eigenvalue weighted by Crippen LogP contribution is 2.31. The molecule has 0 saturated carbocycles. The molecule has 102 valence electrons. The van der Waals surface area contributed by atoms with E-state index >= 15 is 0 Å². The third-order valence-corrected chi connectivity index (χ3v) is 4.19. The Labute approximate surface area is 116 Å². The van der Waals surface area contributed by atoms with Gasteiger partial charge in [-0.3, -0.25) is 4.79 Å². The van der Waals surface area contributed by atoms with Crippen LogP contribution in [0.4, 0.5) is 4.39 Å². The van der Waals surface area contributed by atoms with Crippen LogP contribution in [0.3, 0.4) is 0 Å². The van der Waals surface area contributed by atoms with E-state index in [2.05, 4.69) is 4.98 Å². The molecule has 1 aromatic rings. The Balaban J connectivity index is 2.04. The van der Waals surface area contributed by atoms with Gasteiger partial charge in [0.05, 0.1) is 11.2 Å². The Morgan fingerprint density at radius 3 is 2.58 bits per heavy atom. The number of hydrogen-bond acceptors (Lipinski definition) is 3. The van der Waals surface area contributed by atoms with E-state index < -0.39 is 5.82 Å². The summed E-state index contributed by atoms with van der Waals surface area (Å²) in [6, 6.07) is 2.64. The highest BCUT2D eigenvalue weighted by molar-refractivity contribution is 7.80. The zero-order valence-corrected chi connectivity index (χ0v) is 11.5. The van der Waals surface area contributed by atoms with Crippen LogP contribution >= 0.6 is 12.2 Å². The molecule has 1 amide bonds.